The van der Waals surface area contributed by atoms with E-state index in [0.717, 1.165) is 18.4 Å². The van der Waals surface area contributed by atoms with Gasteiger partial charge in [0.1, 0.15) is 0 Å². The lowest BCUT2D eigenvalue weighted by Gasteiger charge is -2.12. The minimum absolute atomic E-state index is 0.0457. The van der Waals surface area contributed by atoms with Gasteiger partial charge in [0, 0.05) is 6.04 Å². The first kappa shape index (κ1) is 13.6. The molecule has 1 atom stereocenters. The summed E-state index contributed by atoms with van der Waals surface area (Å²) in [6, 6.07) is 5.86. The van der Waals surface area contributed by atoms with Gasteiger partial charge < -0.3 is 10.4 Å². The number of carbonyl (C=O) groups excluding carboxylic acids is 1. The molecule has 0 radical (unpaired) electrons. The Labute approximate surface area is 112 Å². The number of hydrogen-bond donors (Lipinski definition) is 2. The van der Waals surface area contributed by atoms with Gasteiger partial charge >= 0.3 is 5.97 Å². The number of aryl methyl sites for hydroxylation is 2. The van der Waals surface area contributed by atoms with E-state index in [1.807, 2.05) is 6.07 Å². The fourth-order valence-corrected chi connectivity index (χ4v) is 2.56. The van der Waals surface area contributed by atoms with Crippen LogP contribution in [0.1, 0.15) is 36.5 Å². The molecule has 0 saturated heterocycles. The Morgan fingerprint density at radius 3 is 2.79 bits per heavy atom. The first-order valence-corrected chi connectivity index (χ1v) is 6.66. The van der Waals surface area contributed by atoms with E-state index in [0.29, 0.717) is 6.42 Å². The van der Waals surface area contributed by atoms with Crippen molar-refractivity contribution in [2.75, 3.05) is 0 Å². The average Bonchev–Trinajstić information content (AvgIpc) is 2.74. The highest BCUT2D eigenvalue weighted by Gasteiger charge is 2.14. The lowest BCUT2D eigenvalue weighted by atomic mass is 10.0. The van der Waals surface area contributed by atoms with Crippen LogP contribution in [0.2, 0.25) is 0 Å². The van der Waals surface area contributed by atoms with Gasteiger partial charge in [0.15, 0.2) is 0 Å². The number of carboxylic acids is 1. The average molecular weight is 261 g/mol. The van der Waals surface area contributed by atoms with Crippen molar-refractivity contribution in [1.29, 1.82) is 0 Å². The fourth-order valence-electron chi connectivity index (χ4n) is 2.56. The summed E-state index contributed by atoms with van der Waals surface area (Å²) < 4.78 is 0. The van der Waals surface area contributed by atoms with Crippen molar-refractivity contribution < 1.29 is 14.7 Å². The predicted octanol–water partition coefficient (Wildman–Crippen LogP) is 1.70. The van der Waals surface area contributed by atoms with Crippen LogP contribution in [0.3, 0.4) is 0 Å². The molecule has 102 valence electrons. The number of hydrogen-bond acceptors (Lipinski definition) is 2. The number of aliphatic carboxylic acids is 1. The summed E-state index contributed by atoms with van der Waals surface area (Å²) in [5.74, 6) is -1.02. The van der Waals surface area contributed by atoms with Crippen molar-refractivity contribution >= 4 is 11.9 Å². The Morgan fingerprint density at radius 1 is 1.32 bits per heavy atom. The summed E-state index contributed by atoms with van der Waals surface area (Å²) in [4.78, 5) is 22.3. The summed E-state index contributed by atoms with van der Waals surface area (Å²) in [6.45, 7) is 1.70. The number of benzene rings is 1. The van der Waals surface area contributed by atoms with E-state index < -0.39 is 5.97 Å². The van der Waals surface area contributed by atoms with E-state index in [1.165, 1.54) is 17.5 Å². The van der Waals surface area contributed by atoms with Gasteiger partial charge in [0.05, 0.1) is 12.8 Å². The zero-order chi connectivity index (χ0) is 13.8. The highest BCUT2D eigenvalue weighted by Crippen LogP contribution is 2.22. The highest BCUT2D eigenvalue weighted by atomic mass is 16.4. The summed E-state index contributed by atoms with van der Waals surface area (Å²) in [7, 11) is 0. The molecule has 0 spiro atoms. The van der Waals surface area contributed by atoms with Crippen LogP contribution in [-0.4, -0.2) is 23.0 Å². The highest BCUT2D eigenvalue weighted by molar-refractivity contribution is 5.79. The summed E-state index contributed by atoms with van der Waals surface area (Å²) in [5.41, 5.74) is 3.74. The molecule has 1 amide bonds. The monoisotopic (exact) mass is 261 g/mol. The molecule has 0 saturated carbocycles. The van der Waals surface area contributed by atoms with Crippen LogP contribution in [0, 0.1) is 0 Å². The molecule has 2 N–H and O–H groups in total. The lowest BCUT2D eigenvalue weighted by Crippen LogP contribution is -2.35. The Kier molecular flexibility index (Phi) is 4.20. The van der Waals surface area contributed by atoms with Gasteiger partial charge in [-0.15, -0.1) is 0 Å². The van der Waals surface area contributed by atoms with Crippen LogP contribution < -0.4 is 5.32 Å². The molecule has 19 heavy (non-hydrogen) atoms. The fraction of sp³-hybridized carbons (Fsp3) is 0.467. The number of carboxylic acid groups (broad SMARTS) is 1. The topological polar surface area (TPSA) is 66.4 Å². The maximum absolute atomic E-state index is 11.8. The van der Waals surface area contributed by atoms with Gasteiger partial charge in [-0.25, -0.2) is 0 Å². The van der Waals surface area contributed by atoms with Crippen LogP contribution in [0.5, 0.6) is 0 Å². The summed E-state index contributed by atoms with van der Waals surface area (Å²) in [5, 5.41) is 11.3. The molecule has 1 aromatic rings. The minimum atomic E-state index is -0.898. The Balaban J connectivity index is 1.90. The normalized spacial score (nSPS) is 14.8. The van der Waals surface area contributed by atoms with Gasteiger partial charge in [-0.3, -0.25) is 9.59 Å². The number of rotatable bonds is 5. The second-order valence-corrected chi connectivity index (χ2v) is 5.20. The van der Waals surface area contributed by atoms with Crippen molar-refractivity contribution in [3.63, 3.8) is 0 Å². The van der Waals surface area contributed by atoms with Crippen LogP contribution in [0.25, 0.3) is 0 Å². The molecule has 0 fully saturated rings. The summed E-state index contributed by atoms with van der Waals surface area (Å²) >= 11 is 0. The van der Waals surface area contributed by atoms with Crippen LogP contribution >= 0.6 is 0 Å². The third-order valence-corrected chi connectivity index (χ3v) is 3.42. The molecule has 1 aromatic carbocycles. The Morgan fingerprint density at radius 2 is 2.05 bits per heavy atom. The molecule has 0 aliphatic heterocycles. The first-order chi connectivity index (χ1) is 9.04. The number of nitrogens with one attached hydrogen (secondary N) is 1. The maximum Gasteiger partial charge on any atom is 0.305 e. The second-order valence-electron chi connectivity index (χ2n) is 5.20. The number of fused-ring (bicyclic) bond motifs is 1. The van der Waals surface area contributed by atoms with Crippen LogP contribution in [0.4, 0.5) is 0 Å². The lowest BCUT2D eigenvalue weighted by molar-refractivity contribution is -0.137. The molecular weight excluding hydrogens is 242 g/mol. The third-order valence-electron chi connectivity index (χ3n) is 3.42. The SMILES string of the molecule is CC(CC(=O)O)NC(=O)Cc1ccc2c(c1)CCC2. The first-order valence-electron chi connectivity index (χ1n) is 6.66. The van der Waals surface area contributed by atoms with E-state index in [-0.39, 0.29) is 18.4 Å². The summed E-state index contributed by atoms with van der Waals surface area (Å²) in [6.07, 6.45) is 3.70. The van der Waals surface area contributed by atoms with Crippen molar-refractivity contribution in [3.8, 4) is 0 Å². The van der Waals surface area contributed by atoms with Gasteiger partial charge in [0.25, 0.3) is 0 Å². The van der Waals surface area contributed by atoms with E-state index >= 15 is 0 Å². The molecule has 4 heteroatoms. The molecule has 1 unspecified atom stereocenters. The van der Waals surface area contributed by atoms with Crippen molar-refractivity contribution in [3.05, 3.63) is 34.9 Å². The quantitative estimate of drug-likeness (QED) is 0.847. The molecule has 0 bridgehead atoms. The van der Waals surface area contributed by atoms with Crippen molar-refractivity contribution in [1.82, 2.24) is 5.32 Å². The van der Waals surface area contributed by atoms with E-state index in [9.17, 15) is 9.59 Å². The zero-order valence-electron chi connectivity index (χ0n) is 11.1. The second kappa shape index (κ2) is 5.87. The molecule has 2 rings (SSSR count). The largest absolute Gasteiger partial charge is 0.481 e. The Bertz CT molecular complexity index is 496. The molecule has 4 nitrogen and oxygen atoms in total. The zero-order valence-corrected chi connectivity index (χ0v) is 11.1. The molecule has 0 aromatic heterocycles. The van der Waals surface area contributed by atoms with Crippen LogP contribution in [-0.2, 0) is 28.9 Å². The van der Waals surface area contributed by atoms with Crippen molar-refractivity contribution in [2.45, 2.75) is 45.1 Å². The van der Waals surface area contributed by atoms with E-state index in [2.05, 4.69) is 17.4 Å². The minimum Gasteiger partial charge on any atom is -0.481 e. The van der Waals surface area contributed by atoms with E-state index in [1.54, 1.807) is 6.92 Å². The predicted molar refractivity (Wildman–Crippen MR) is 72.0 cm³/mol. The van der Waals surface area contributed by atoms with Gasteiger partial charge in [-0.05, 0) is 42.9 Å². The van der Waals surface area contributed by atoms with E-state index in [4.69, 9.17) is 5.11 Å². The number of carbonyl (C=O) groups is 2. The number of amides is 1. The smallest absolute Gasteiger partial charge is 0.305 e. The standard InChI is InChI=1S/C15H19NO3/c1-10(7-15(18)19)16-14(17)9-11-5-6-12-3-2-4-13(12)8-11/h5-6,8,10H,2-4,7,9H2,1H3,(H,16,17)(H,18,19). The maximum atomic E-state index is 11.8. The molecule has 1 aliphatic carbocycles. The van der Waals surface area contributed by atoms with Gasteiger partial charge in [0.2, 0.25) is 5.91 Å². The molecule has 1 aliphatic rings. The van der Waals surface area contributed by atoms with Gasteiger partial charge in [-0.2, -0.15) is 0 Å². The molecular formula is C15H19NO3. The Hall–Kier alpha value is -1.84. The van der Waals surface area contributed by atoms with Crippen molar-refractivity contribution in [2.24, 2.45) is 0 Å². The van der Waals surface area contributed by atoms with Gasteiger partial charge in [-0.1, -0.05) is 18.2 Å². The molecule has 0 heterocycles. The van der Waals surface area contributed by atoms with Crippen LogP contribution in [0.15, 0.2) is 18.2 Å². The third kappa shape index (κ3) is 3.81.